The lowest BCUT2D eigenvalue weighted by Gasteiger charge is -2.11. The first kappa shape index (κ1) is 11.6. The minimum absolute atomic E-state index is 0.442. The molecule has 0 spiro atoms. The van der Waals surface area contributed by atoms with Gasteiger partial charge in [0.15, 0.2) is 5.82 Å². The van der Waals surface area contributed by atoms with Crippen molar-refractivity contribution in [2.45, 2.75) is 19.4 Å². The van der Waals surface area contributed by atoms with Gasteiger partial charge in [-0.2, -0.15) is 4.98 Å². The normalized spacial score (nSPS) is 11.5. The van der Waals surface area contributed by atoms with Crippen molar-refractivity contribution < 1.29 is 9.26 Å². The molecule has 0 aliphatic heterocycles. The zero-order valence-corrected chi connectivity index (χ0v) is 10.1. The van der Waals surface area contributed by atoms with Gasteiger partial charge in [0.25, 0.3) is 5.89 Å². The molecule has 0 amide bonds. The highest BCUT2D eigenvalue weighted by atomic mass is 16.5. The third kappa shape index (κ3) is 2.45. The summed E-state index contributed by atoms with van der Waals surface area (Å²) in [5, 5.41) is 3.87. The quantitative estimate of drug-likeness (QED) is 0.876. The Kier molecular flexibility index (Phi) is 2.85. The largest absolute Gasteiger partial charge is 0.497 e. The van der Waals surface area contributed by atoms with Crippen LogP contribution < -0.4 is 10.5 Å². The number of hydrogen-bond acceptors (Lipinski definition) is 5. The molecule has 0 saturated carbocycles. The summed E-state index contributed by atoms with van der Waals surface area (Å²) in [6, 6.07) is 7.43. The smallest absolute Gasteiger partial charge is 0.258 e. The number of aromatic nitrogens is 2. The van der Waals surface area contributed by atoms with Gasteiger partial charge in [-0.1, -0.05) is 11.2 Å². The fraction of sp³-hybridized carbons (Fsp3) is 0.333. The number of ether oxygens (including phenoxy) is 1. The van der Waals surface area contributed by atoms with Gasteiger partial charge in [0.2, 0.25) is 0 Å². The Bertz CT molecular complexity index is 514. The van der Waals surface area contributed by atoms with E-state index in [0.717, 1.165) is 11.3 Å². The minimum Gasteiger partial charge on any atom is -0.497 e. The maximum absolute atomic E-state index is 5.89. The molecule has 17 heavy (non-hydrogen) atoms. The van der Waals surface area contributed by atoms with Gasteiger partial charge in [-0.15, -0.1) is 0 Å². The van der Waals surface area contributed by atoms with Crippen LogP contribution in [-0.4, -0.2) is 17.3 Å². The summed E-state index contributed by atoms with van der Waals surface area (Å²) in [6.45, 7) is 3.65. The average Bonchev–Trinajstić information content (AvgIpc) is 2.78. The first-order valence-corrected chi connectivity index (χ1v) is 5.28. The molecule has 1 aromatic carbocycles. The predicted octanol–water partition coefficient (Wildman–Crippen LogP) is 1.94. The van der Waals surface area contributed by atoms with Gasteiger partial charge in [0, 0.05) is 5.56 Å². The topological polar surface area (TPSA) is 74.2 Å². The van der Waals surface area contributed by atoms with E-state index in [-0.39, 0.29) is 0 Å². The number of nitrogens with zero attached hydrogens (tertiary/aromatic N) is 2. The molecular weight excluding hydrogens is 218 g/mol. The first-order chi connectivity index (χ1) is 8.00. The number of rotatable bonds is 3. The van der Waals surface area contributed by atoms with E-state index < -0.39 is 5.54 Å². The molecule has 2 rings (SSSR count). The van der Waals surface area contributed by atoms with Crippen LogP contribution in [0.2, 0.25) is 0 Å². The third-order valence-corrected chi connectivity index (χ3v) is 2.32. The Hall–Kier alpha value is -1.88. The number of nitrogens with two attached hydrogens (primary N) is 1. The molecule has 5 nitrogen and oxygen atoms in total. The maximum atomic E-state index is 5.89. The Balaban J connectivity index is 2.37. The van der Waals surface area contributed by atoms with E-state index in [2.05, 4.69) is 10.1 Å². The molecule has 0 saturated heterocycles. The van der Waals surface area contributed by atoms with E-state index in [1.165, 1.54) is 0 Å². The average molecular weight is 233 g/mol. The molecule has 5 heteroatoms. The van der Waals surface area contributed by atoms with Crippen molar-refractivity contribution in [3.8, 4) is 17.2 Å². The number of hydrogen-bond donors (Lipinski definition) is 1. The van der Waals surface area contributed by atoms with Crippen molar-refractivity contribution in [3.05, 3.63) is 30.1 Å². The zero-order chi connectivity index (χ0) is 12.5. The van der Waals surface area contributed by atoms with Crippen LogP contribution in [0, 0.1) is 0 Å². The summed E-state index contributed by atoms with van der Waals surface area (Å²) in [5.74, 6) is 1.67. The third-order valence-electron chi connectivity index (χ3n) is 2.32. The van der Waals surface area contributed by atoms with Crippen LogP contribution in [0.15, 0.2) is 28.8 Å². The number of benzene rings is 1. The zero-order valence-electron chi connectivity index (χ0n) is 10.1. The van der Waals surface area contributed by atoms with E-state index in [4.69, 9.17) is 15.0 Å². The van der Waals surface area contributed by atoms with E-state index in [1.54, 1.807) is 7.11 Å². The second kappa shape index (κ2) is 4.18. The van der Waals surface area contributed by atoms with Crippen molar-refractivity contribution in [1.29, 1.82) is 0 Å². The van der Waals surface area contributed by atoms with Gasteiger partial charge < -0.3 is 15.0 Å². The highest BCUT2D eigenvalue weighted by Crippen LogP contribution is 2.24. The van der Waals surface area contributed by atoms with Crippen molar-refractivity contribution in [2.75, 3.05) is 7.11 Å². The van der Waals surface area contributed by atoms with Crippen molar-refractivity contribution in [2.24, 2.45) is 5.73 Å². The summed E-state index contributed by atoms with van der Waals surface area (Å²) in [7, 11) is 1.61. The fourth-order valence-electron chi connectivity index (χ4n) is 1.36. The molecule has 0 atom stereocenters. The highest BCUT2D eigenvalue weighted by molar-refractivity contribution is 5.55. The van der Waals surface area contributed by atoms with Crippen LogP contribution in [0.25, 0.3) is 11.5 Å². The molecule has 2 aromatic rings. The summed E-state index contributed by atoms with van der Waals surface area (Å²) in [6.07, 6.45) is 0. The van der Waals surface area contributed by atoms with Gasteiger partial charge in [-0.05, 0) is 32.0 Å². The fourth-order valence-corrected chi connectivity index (χ4v) is 1.36. The van der Waals surface area contributed by atoms with Crippen molar-refractivity contribution >= 4 is 0 Å². The molecular formula is C12H15N3O2. The molecule has 0 aliphatic rings. The highest BCUT2D eigenvalue weighted by Gasteiger charge is 2.22. The molecule has 0 bridgehead atoms. The van der Waals surface area contributed by atoms with Crippen LogP contribution in [0.1, 0.15) is 19.7 Å². The molecule has 1 aromatic heterocycles. The summed E-state index contributed by atoms with van der Waals surface area (Å²) in [4.78, 5) is 4.27. The molecule has 0 unspecified atom stereocenters. The standard InChI is InChI=1S/C12H15N3O2/c1-12(2,13)11-14-10(17-15-11)8-5-4-6-9(7-8)16-3/h4-7H,13H2,1-3H3. The van der Waals surface area contributed by atoms with Crippen LogP contribution in [0.5, 0.6) is 5.75 Å². The van der Waals surface area contributed by atoms with Crippen LogP contribution >= 0.6 is 0 Å². The second-order valence-electron chi connectivity index (χ2n) is 4.38. The number of methoxy groups -OCH3 is 1. The lowest BCUT2D eigenvalue weighted by atomic mass is 10.1. The molecule has 0 aliphatic carbocycles. The van der Waals surface area contributed by atoms with Crippen LogP contribution in [-0.2, 0) is 5.54 Å². The van der Waals surface area contributed by atoms with E-state index in [1.807, 2.05) is 38.1 Å². The van der Waals surface area contributed by atoms with Gasteiger partial charge >= 0.3 is 0 Å². The Morgan fingerprint density at radius 3 is 2.71 bits per heavy atom. The van der Waals surface area contributed by atoms with Crippen molar-refractivity contribution in [1.82, 2.24) is 10.1 Å². The van der Waals surface area contributed by atoms with E-state index in [0.29, 0.717) is 11.7 Å². The van der Waals surface area contributed by atoms with Gasteiger partial charge in [0.1, 0.15) is 5.75 Å². The van der Waals surface area contributed by atoms with E-state index >= 15 is 0 Å². The maximum Gasteiger partial charge on any atom is 0.258 e. The van der Waals surface area contributed by atoms with Gasteiger partial charge in [-0.3, -0.25) is 0 Å². The summed E-state index contributed by atoms with van der Waals surface area (Å²) >= 11 is 0. The van der Waals surface area contributed by atoms with Gasteiger partial charge in [-0.25, -0.2) is 0 Å². The molecule has 0 radical (unpaired) electrons. The predicted molar refractivity (Wildman–Crippen MR) is 63.5 cm³/mol. The lowest BCUT2D eigenvalue weighted by Crippen LogP contribution is -2.30. The van der Waals surface area contributed by atoms with Crippen molar-refractivity contribution in [3.63, 3.8) is 0 Å². The Labute approximate surface area is 99.6 Å². The molecule has 2 N–H and O–H groups in total. The minimum atomic E-state index is -0.610. The summed E-state index contributed by atoms with van der Waals surface area (Å²) in [5.41, 5.74) is 6.10. The lowest BCUT2D eigenvalue weighted by molar-refractivity contribution is 0.396. The molecule has 1 heterocycles. The molecule has 0 fully saturated rings. The Morgan fingerprint density at radius 2 is 2.12 bits per heavy atom. The SMILES string of the molecule is COc1cccc(-c2nc(C(C)(C)N)no2)c1. The first-order valence-electron chi connectivity index (χ1n) is 5.28. The van der Waals surface area contributed by atoms with Gasteiger partial charge in [0.05, 0.1) is 12.6 Å². The van der Waals surface area contributed by atoms with E-state index in [9.17, 15) is 0 Å². The monoisotopic (exact) mass is 233 g/mol. The summed E-state index contributed by atoms with van der Waals surface area (Å²) < 4.78 is 10.3. The Morgan fingerprint density at radius 1 is 1.35 bits per heavy atom. The second-order valence-corrected chi connectivity index (χ2v) is 4.38. The van der Waals surface area contributed by atoms with Crippen LogP contribution in [0.4, 0.5) is 0 Å². The van der Waals surface area contributed by atoms with Crippen LogP contribution in [0.3, 0.4) is 0 Å². The molecule has 90 valence electrons.